The van der Waals surface area contributed by atoms with Gasteiger partial charge in [0.2, 0.25) is 0 Å². The molecule has 1 atom stereocenters. The zero-order chi connectivity index (χ0) is 13.1. The molecule has 0 aliphatic heterocycles. The lowest BCUT2D eigenvalue weighted by Gasteiger charge is -2.33. The van der Waals surface area contributed by atoms with Gasteiger partial charge in [0.05, 0.1) is 0 Å². The van der Waals surface area contributed by atoms with Crippen LogP contribution in [0.15, 0.2) is 24.3 Å². The molecule has 1 unspecified atom stereocenters. The molecule has 96 valence electrons. The van der Waals surface area contributed by atoms with Crippen molar-refractivity contribution in [1.82, 2.24) is 4.90 Å². The number of halogens is 2. The third kappa shape index (κ3) is 4.27. The minimum absolute atomic E-state index is 0.268. The first-order valence-electron chi connectivity index (χ1n) is 5.88. The molecular formula is C14H21BrClN. The second-order valence-electron chi connectivity index (χ2n) is 5.41. The molecule has 1 aromatic rings. The summed E-state index contributed by atoms with van der Waals surface area (Å²) in [6, 6.07) is 8.41. The Morgan fingerprint density at radius 2 is 1.94 bits per heavy atom. The molecule has 1 aromatic carbocycles. The number of rotatable bonds is 5. The van der Waals surface area contributed by atoms with Gasteiger partial charge in [-0.15, -0.1) is 0 Å². The van der Waals surface area contributed by atoms with Gasteiger partial charge in [0.25, 0.3) is 0 Å². The van der Waals surface area contributed by atoms with Gasteiger partial charge in [-0.25, -0.2) is 0 Å². The van der Waals surface area contributed by atoms with Crippen molar-refractivity contribution >= 4 is 27.5 Å². The smallest absolute Gasteiger partial charge is 0.0453 e. The quantitative estimate of drug-likeness (QED) is 0.708. The summed E-state index contributed by atoms with van der Waals surface area (Å²) in [5, 5.41) is 1.85. The van der Waals surface area contributed by atoms with Crippen molar-refractivity contribution in [2.45, 2.75) is 26.8 Å². The van der Waals surface area contributed by atoms with Crippen molar-refractivity contribution in [1.29, 1.82) is 0 Å². The van der Waals surface area contributed by atoms with E-state index in [2.05, 4.69) is 54.7 Å². The van der Waals surface area contributed by atoms with Crippen LogP contribution in [-0.4, -0.2) is 23.8 Å². The van der Waals surface area contributed by atoms with Crippen LogP contribution >= 0.6 is 27.5 Å². The van der Waals surface area contributed by atoms with Gasteiger partial charge in [-0.1, -0.05) is 59.6 Å². The molecule has 0 fully saturated rings. The van der Waals surface area contributed by atoms with Crippen molar-refractivity contribution < 1.29 is 0 Å². The number of benzene rings is 1. The summed E-state index contributed by atoms with van der Waals surface area (Å²) in [5.41, 5.74) is 1.46. The number of hydrogen-bond acceptors (Lipinski definition) is 1. The van der Waals surface area contributed by atoms with E-state index < -0.39 is 0 Å². The summed E-state index contributed by atoms with van der Waals surface area (Å²) in [7, 11) is 2.15. The molecule has 0 heterocycles. The van der Waals surface area contributed by atoms with Gasteiger partial charge >= 0.3 is 0 Å². The van der Waals surface area contributed by atoms with E-state index >= 15 is 0 Å². The van der Waals surface area contributed by atoms with Crippen molar-refractivity contribution in [3.8, 4) is 0 Å². The fourth-order valence-electron chi connectivity index (χ4n) is 1.91. The molecule has 0 bridgehead atoms. The van der Waals surface area contributed by atoms with E-state index in [-0.39, 0.29) is 5.41 Å². The highest BCUT2D eigenvalue weighted by molar-refractivity contribution is 9.09. The second kappa shape index (κ2) is 6.21. The Kier molecular flexibility index (Phi) is 5.49. The normalized spacial score (nSPS) is 14.1. The summed E-state index contributed by atoms with van der Waals surface area (Å²) in [6.45, 7) is 7.76. The fourth-order valence-corrected chi connectivity index (χ4v) is 2.38. The summed E-state index contributed by atoms with van der Waals surface area (Å²) < 4.78 is 0. The molecule has 17 heavy (non-hydrogen) atoms. The van der Waals surface area contributed by atoms with E-state index in [0.29, 0.717) is 6.04 Å². The van der Waals surface area contributed by atoms with Crippen LogP contribution in [-0.2, 0) is 0 Å². The van der Waals surface area contributed by atoms with Gasteiger partial charge in [0.15, 0.2) is 0 Å². The average molecular weight is 319 g/mol. The number of hydrogen-bond donors (Lipinski definition) is 0. The first-order valence-corrected chi connectivity index (χ1v) is 7.38. The van der Waals surface area contributed by atoms with Gasteiger partial charge in [-0.2, -0.15) is 0 Å². The average Bonchev–Trinajstić information content (AvgIpc) is 2.28. The minimum atomic E-state index is 0.268. The summed E-state index contributed by atoms with van der Waals surface area (Å²) in [5.74, 6) is 0. The molecule has 1 nitrogen and oxygen atoms in total. The predicted molar refractivity (Wildman–Crippen MR) is 80.1 cm³/mol. The van der Waals surface area contributed by atoms with E-state index in [1.165, 1.54) is 5.56 Å². The monoisotopic (exact) mass is 317 g/mol. The highest BCUT2D eigenvalue weighted by Crippen LogP contribution is 2.29. The molecule has 0 N–H and O–H groups in total. The molecular weight excluding hydrogens is 298 g/mol. The van der Waals surface area contributed by atoms with Gasteiger partial charge in [-0.05, 0) is 31.0 Å². The highest BCUT2D eigenvalue weighted by atomic mass is 79.9. The Balaban J connectivity index is 2.77. The maximum Gasteiger partial charge on any atom is 0.0453 e. The Morgan fingerprint density at radius 1 is 1.35 bits per heavy atom. The number of nitrogens with zero attached hydrogens (tertiary/aromatic N) is 1. The predicted octanol–water partition coefficient (Wildman–Crippen LogP) is 4.75. The minimum Gasteiger partial charge on any atom is -0.299 e. The van der Waals surface area contributed by atoms with Crippen molar-refractivity contribution in [3.63, 3.8) is 0 Å². The van der Waals surface area contributed by atoms with E-state index in [0.717, 1.165) is 16.9 Å². The van der Waals surface area contributed by atoms with Crippen LogP contribution < -0.4 is 0 Å². The lowest BCUT2D eigenvalue weighted by molar-refractivity contribution is 0.186. The summed E-state index contributed by atoms with van der Waals surface area (Å²) in [4.78, 5) is 2.35. The fraction of sp³-hybridized carbons (Fsp3) is 0.571. The molecule has 0 spiro atoms. The Labute approximate surface area is 118 Å². The second-order valence-corrected chi connectivity index (χ2v) is 6.38. The molecule has 0 aromatic heterocycles. The zero-order valence-electron chi connectivity index (χ0n) is 11.0. The summed E-state index contributed by atoms with van der Waals surface area (Å²) in [6.07, 6.45) is 0. The molecule has 0 aliphatic carbocycles. The van der Waals surface area contributed by atoms with Crippen LogP contribution in [0.5, 0.6) is 0 Å². The van der Waals surface area contributed by atoms with Crippen molar-refractivity contribution in [2.75, 3.05) is 18.9 Å². The van der Waals surface area contributed by atoms with Crippen molar-refractivity contribution in [2.24, 2.45) is 5.41 Å². The van der Waals surface area contributed by atoms with E-state index in [9.17, 15) is 0 Å². The van der Waals surface area contributed by atoms with E-state index in [1.54, 1.807) is 0 Å². The Morgan fingerprint density at radius 3 is 2.47 bits per heavy atom. The lowest BCUT2D eigenvalue weighted by atomic mass is 9.94. The molecule has 0 amide bonds. The van der Waals surface area contributed by atoms with Crippen LogP contribution in [0.2, 0.25) is 5.02 Å². The van der Waals surface area contributed by atoms with Crippen LogP contribution in [0.1, 0.15) is 32.4 Å². The standard InChI is InChI=1S/C14H21BrClN/c1-11(12-7-5-6-8-13(12)16)17(4)10-14(2,3)9-15/h5-8,11H,9-10H2,1-4H3. The maximum atomic E-state index is 6.23. The van der Waals surface area contributed by atoms with Gasteiger partial charge in [-0.3, -0.25) is 4.90 Å². The third-order valence-corrected chi connectivity index (χ3v) is 4.92. The largest absolute Gasteiger partial charge is 0.299 e. The molecule has 0 aliphatic rings. The first-order chi connectivity index (χ1) is 7.87. The zero-order valence-corrected chi connectivity index (χ0v) is 13.3. The molecule has 0 saturated heterocycles. The van der Waals surface area contributed by atoms with Gasteiger partial charge in [0.1, 0.15) is 0 Å². The Bertz CT molecular complexity index is 365. The number of alkyl halides is 1. The highest BCUT2D eigenvalue weighted by Gasteiger charge is 2.22. The molecule has 1 rings (SSSR count). The molecule has 0 saturated carbocycles. The SMILES string of the molecule is CC(c1ccccc1Cl)N(C)CC(C)(C)CBr. The first kappa shape index (κ1) is 15.0. The van der Waals surface area contributed by atoms with Crippen molar-refractivity contribution in [3.05, 3.63) is 34.9 Å². The Hall–Kier alpha value is -0.0500. The van der Waals surface area contributed by atoms with Crippen LogP contribution in [0.3, 0.4) is 0 Å². The van der Waals surface area contributed by atoms with E-state index in [4.69, 9.17) is 11.6 Å². The lowest BCUT2D eigenvalue weighted by Crippen LogP contribution is -2.34. The summed E-state index contributed by atoms with van der Waals surface area (Å²) >= 11 is 9.80. The maximum absolute atomic E-state index is 6.23. The van der Waals surface area contributed by atoms with Crippen LogP contribution in [0.25, 0.3) is 0 Å². The van der Waals surface area contributed by atoms with Crippen LogP contribution in [0, 0.1) is 5.41 Å². The van der Waals surface area contributed by atoms with E-state index in [1.807, 2.05) is 18.2 Å². The van der Waals surface area contributed by atoms with Gasteiger partial charge < -0.3 is 0 Å². The molecule has 3 heteroatoms. The van der Waals surface area contributed by atoms with Gasteiger partial charge in [0, 0.05) is 22.9 Å². The topological polar surface area (TPSA) is 3.24 Å². The third-order valence-electron chi connectivity index (χ3n) is 3.06. The van der Waals surface area contributed by atoms with Crippen LogP contribution in [0.4, 0.5) is 0 Å². The molecule has 0 radical (unpaired) electrons.